The molecule has 0 atom stereocenters. The predicted octanol–water partition coefficient (Wildman–Crippen LogP) is 10.5. The molecule has 0 aromatic heterocycles. The molecule has 0 saturated carbocycles. The van der Waals surface area contributed by atoms with Gasteiger partial charge in [0.05, 0.1) is 6.61 Å². The fourth-order valence-electron chi connectivity index (χ4n) is 5.65. The van der Waals surface area contributed by atoms with Gasteiger partial charge in [-0.3, -0.25) is 4.79 Å². The third-order valence-corrected chi connectivity index (χ3v) is 8.29. The van der Waals surface area contributed by atoms with Gasteiger partial charge in [0.25, 0.3) is 0 Å². The van der Waals surface area contributed by atoms with Crippen molar-refractivity contribution in [1.82, 2.24) is 10.6 Å². The molecule has 0 fully saturated rings. The van der Waals surface area contributed by atoms with Gasteiger partial charge in [0, 0.05) is 25.2 Å². The van der Waals surface area contributed by atoms with Crippen LogP contribution in [0.25, 0.3) is 0 Å². The van der Waals surface area contributed by atoms with Crippen molar-refractivity contribution in [3.05, 3.63) is 12.4 Å². The Morgan fingerprint density at radius 2 is 0.895 bits per heavy atom. The van der Waals surface area contributed by atoms with Crippen molar-refractivity contribution in [2.75, 3.05) is 6.61 Å². The Morgan fingerprint density at radius 1 is 0.526 bits per heavy atom. The molecule has 0 aromatic carbocycles. The summed E-state index contributed by atoms with van der Waals surface area (Å²) in [5.41, 5.74) is -0.130. The maximum Gasteiger partial charge on any atom is 0.305 e. The molecule has 0 aliphatic carbocycles. The van der Waals surface area contributed by atoms with E-state index in [2.05, 4.69) is 24.5 Å². The number of hydrogen-bond acceptors (Lipinski definition) is 4. The monoisotopic (exact) mass is 535 g/mol. The first-order chi connectivity index (χ1) is 18.7. The maximum absolute atomic E-state index is 12.2. The first-order valence-electron chi connectivity index (χ1n) is 17.1. The Kier molecular flexibility index (Phi) is 23.9. The molecular weight excluding hydrogens is 468 g/mol. The van der Waals surface area contributed by atoms with Gasteiger partial charge in [-0.05, 0) is 19.3 Å². The molecule has 0 saturated heterocycles. The minimum atomic E-state index is -0.130. The summed E-state index contributed by atoms with van der Waals surface area (Å²) >= 11 is 0. The minimum absolute atomic E-state index is 0.0250. The van der Waals surface area contributed by atoms with E-state index in [4.69, 9.17) is 4.74 Å². The standard InChI is InChI=1S/C34H66N2O2/c1-3-5-7-9-11-13-15-16-18-20-22-24-26-28-34(35-30-31-36-34)29-32-38-33(37)27-25-23-21-19-17-14-12-10-8-6-4-2/h30-31,35-36H,3-29,32H2,1-2H3. The van der Waals surface area contributed by atoms with E-state index in [0.29, 0.717) is 13.0 Å². The average Bonchev–Trinajstić information content (AvgIpc) is 3.38. The Labute approximate surface area is 237 Å². The lowest BCUT2D eigenvalue weighted by Crippen LogP contribution is -2.49. The second-order valence-corrected chi connectivity index (χ2v) is 12.0. The summed E-state index contributed by atoms with van der Waals surface area (Å²) < 4.78 is 5.59. The number of ether oxygens (including phenoxy) is 1. The number of carbonyl (C=O) groups is 1. The van der Waals surface area contributed by atoms with Crippen molar-refractivity contribution in [2.24, 2.45) is 0 Å². The number of unbranched alkanes of at least 4 members (excludes halogenated alkanes) is 22. The van der Waals surface area contributed by atoms with Crippen LogP contribution in [-0.2, 0) is 9.53 Å². The molecule has 0 amide bonds. The highest BCUT2D eigenvalue weighted by atomic mass is 16.5. The lowest BCUT2D eigenvalue weighted by Gasteiger charge is -2.31. The molecule has 0 unspecified atom stereocenters. The smallest absolute Gasteiger partial charge is 0.305 e. The van der Waals surface area contributed by atoms with Crippen LogP contribution in [0.3, 0.4) is 0 Å². The minimum Gasteiger partial charge on any atom is -0.466 e. The molecule has 1 rings (SSSR count). The molecule has 0 spiro atoms. The van der Waals surface area contributed by atoms with Gasteiger partial charge in [-0.15, -0.1) is 0 Å². The lowest BCUT2D eigenvalue weighted by molar-refractivity contribution is -0.144. The van der Waals surface area contributed by atoms with Crippen molar-refractivity contribution in [3.8, 4) is 0 Å². The third-order valence-electron chi connectivity index (χ3n) is 8.29. The summed E-state index contributed by atoms with van der Waals surface area (Å²) in [5, 5.41) is 6.99. The normalized spacial score (nSPS) is 13.9. The van der Waals surface area contributed by atoms with Crippen LogP contribution in [0.1, 0.15) is 187 Å². The van der Waals surface area contributed by atoms with Crippen molar-refractivity contribution in [2.45, 2.75) is 193 Å². The Morgan fingerprint density at radius 3 is 1.32 bits per heavy atom. The number of esters is 1. The largest absolute Gasteiger partial charge is 0.466 e. The highest BCUT2D eigenvalue weighted by molar-refractivity contribution is 5.69. The van der Waals surface area contributed by atoms with Crippen LogP contribution in [0.4, 0.5) is 0 Å². The summed E-state index contributed by atoms with van der Waals surface area (Å²) in [7, 11) is 0. The molecule has 38 heavy (non-hydrogen) atoms. The van der Waals surface area contributed by atoms with Gasteiger partial charge in [0.15, 0.2) is 0 Å². The zero-order chi connectivity index (χ0) is 27.4. The molecule has 1 aliphatic heterocycles. The number of carbonyl (C=O) groups excluding carboxylic acids is 1. The molecule has 224 valence electrons. The average molecular weight is 535 g/mol. The quantitative estimate of drug-likeness (QED) is 0.0740. The van der Waals surface area contributed by atoms with Crippen LogP contribution in [0, 0.1) is 0 Å². The van der Waals surface area contributed by atoms with Gasteiger partial charge in [0.2, 0.25) is 0 Å². The van der Waals surface area contributed by atoms with Crippen molar-refractivity contribution in [3.63, 3.8) is 0 Å². The summed E-state index contributed by atoms with van der Waals surface area (Å²) in [6.45, 7) is 5.06. The lowest BCUT2D eigenvalue weighted by atomic mass is 9.97. The fourth-order valence-corrected chi connectivity index (χ4v) is 5.65. The topological polar surface area (TPSA) is 50.4 Å². The maximum atomic E-state index is 12.2. The summed E-state index contributed by atoms with van der Waals surface area (Å²) in [6, 6.07) is 0. The van der Waals surface area contributed by atoms with E-state index in [1.807, 2.05) is 12.4 Å². The van der Waals surface area contributed by atoms with Gasteiger partial charge < -0.3 is 15.4 Å². The molecule has 0 aromatic rings. The fraction of sp³-hybridized carbons (Fsp3) is 0.912. The van der Waals surface area contributed by atoms with Gasteiger partial charge in [-0.25, -0.2) is 0 Å². The Bertz CT molecular complexity index is 541. The third kappa shape index (κ3) is 20.7. The highest BCUT2D eigenvalue weighted by Crippen LogP contribution is 2.21. The zero-order valence-corrected chi connectivity index (χ0v) is 25.8. The van der Waals surface area contributed by atoms with E-state index >= 15 is 0 Å². The summed E-state index contributed by atoms with van der Waals surface area (Å²) in [5.74, 6) is -0.0250. The van der Waals surface area contributed by atoms with Crippen molar-refractivity contribution in [1.29, 1.82) is 0 Å². The number of nitrogens with one attached hydrogen (secondary N) is 2. The van der Waals surface area contributed by atoms with Gasteiger partial charge >= 0.3 is 5.97 Å². The van der Waals surface area contributed by atoms with Gasteiger partial charge in [0.1, 0.15) is 5.66 Å². The van der Waals surface area contributed by atoms with Crippen LogP contribution >= 0.6 is 0 Å². The molecule has 0 radical (unpaired) electrons. The first-order valence-corrected chi connectivity index (χ1v) is 17.1. The molecule has 4 nitrogen and oxygen atoms in total. The van der Waals surface area contributed by atoms with E-state index in [1.54, 1.807) is 0 Å². The first kappa shape index (κ1) is 34.8. The Balaban J connectivity index is 1.95. The van der Waals surface area contributed by atoms with Gasteiger partial charge in [-0.1, -0.05) is 155 Å². The molecular formula is C34H66N2O2. The molecule has 2 N–H and O–H groups in total. The summed E-state index contributed by atoms with van der Waals surface area (Å²) in [4.78, 5) is 12.2. The summed E-state index contributed by atoms with van der Waals surface area (Å²) in [6.07, 6.45) is 38.7. The van der Waals surface area contributed by atoms with Crippen molar-refractivity contribution < 1.29 is 9.53 Å². The van der Waals surface area contributed by atoms with Crippen LogP contribution in [0.5, 0.6) is 0 Å². The van der Waals surface area contributed by atoms with Crippen LogP contribution in [0.15, 0.2) is 12.4 Å². The molecule has 1 aliphatic rings. The van der Waals surface area contributed by atoms with E-state index < -0.39 is 0 Å². The van der Waals surface area contributed by atoms with Gasteiger partial charge in [-0.2, -0.15) is 0 Å². The number of hydrogen-bond donors (Lipinski definition) is 2. The second kappa shape index (κ2) is 26.1. The van der Waals surface area contributed by atoms with Crippen LogP contribution < -0.4 is 10.6 Å². The number of rotatable bonds is 29. The van der Waals surface area contributed by atoms with E-state index in [1.165, 1.54) is 141 Å². The van der Waals surface area contributed by atoms with E-state index in [-0.39, 0.29) is 11.6 Å². The SMILES string of the molecule is CCCCCCCCCCCCCCCC1(CCOC(=O)CCCCCCCCCCCCC)NC=CN1. The van der Waals surface area contributed by atoms with Crippen LogP contribution in [-0.4, -0.2) is 18.2 Å². The predicted molar refractivity (Wildman–Crippen MR) is 165 cm³/mol. The van der Waals surface area contributed by atoms with E-state index in [9.17, 15) is 4.79 Å². The second-order valence-electron chi connectivity index (χ2n) is 12.0. The molecule has 1 heterocycles. The molecule has 4 heteroatoms. The van der Waals surface area contributed by atoms with Crippen LogP contribution in [0.2, 0.25) is 0 Å². The highest BCUT2D eigenvalue weighted by Gasteiger charge is 2.29. The molecule has 0 bridgehead atoms. The Hall–Kier alpha value is -1.19. The zero-order valence-electron chi connectivity index (χ0n) is 25.8. The van der Waals surface area contributed by atoms with Crippen molar-refractivity contribution >= 4 is 5.97 Å². The van der Waals surface area contributed by atoms with E-state index in [0.717, 1.165) is 25.7 Å².